The SMILES string of the molecule is C=CC1CCCC(O)C1C(=O)O. The van der Waals surface area contributed by atoms with E-state index in [1.54, 1.807) is 6.08 Å². The van der Waals surface area contributed by atoms with Crippen molar-refractivity contribution in [1.29, 1.82) is 0 Å². The number of carboxylic acids is 1. The van der Waals surface area contributed by atoms with Gasteiger partial charge in [0.15, 0.2) is 0 Å². The fourth-order valence-corrected chi connectivity index (χ4v) is 1.82. The second-order valence-electron chi connectivity index (χ2n) is 3.26. The molecule has 1 rings (SSSR count). The van der Waals surface area contributed by atoms with Crippen LogP contribution in [0.3, 0.4) is 0 Å². The maximum absolute atomic E-state index is 10.7. The van der Waals surface area contributed by atoms with Gasteiger partial charge in [-0.2, -0.15) is 0 Å². The van der Waals surface area contributed by atoms with Gasteiger partial charge in [0.2, 0.25) is 0 Å². The number of carbonyl (C=O) groups is 1. The molecule has 0 bridgehead atoms. The van der Waals surface area contributed by atoms with Gasteiger partial charge in [-0.15, -0.1) is 6.58 Å². The van der Waals surface area contributed by atoms with Gasteiger partial charge in [0.25, 0.3) is 0 Å². The summed E-state index contributed by atoms with van der Waals surface area (Å²) >= 11 is 0. The molecule has 3 heteroatoms. The summed E-state index contributed by atoms with van der Waals surface area (Å²) in [7, 11) is 0. The molecular weight excluding hydrogens is 156 g/mol. The van der Waals surface area contributed by atoms with Crippen LogP contribution in [0, 0.1) is 11.8 Å². The molecule has 0 aromatic heterocycles. The first-order chi connectivity index (χ1) is 5.66. The van der Waals surface area contributed by atoms with Crippen LogP contribution in [0.25, 0.3) is 0 Å². The van der Waals surface area contributed by atoms with Gasteiger partial charge in [0.05, 0.1) is 12.0 Å². The van der Waals surface area contributed by atoms with Gasteiger partial charge in [0.1, 0.15) is 0 Å². The fraction of sp³-hybridized carbons (Fsp3) is 0.667. The highest BCUT2D eigenvalue weighted by molar-refractivity contribution is 5.71. The summed E-state index contributed by atoms with van der Waals surface area (Å²) in [4.78, 5) is 10.7. The minimum Gasteiger partial charge on any atom is -0.481 e. The smallest absolute Gasteiger partial charge is 0.309 e. The predicted molar refractivity (Wildman–Crippen MR) is 44.7 cm³/mol. The fourth-order valence-electron chi connectivity index (χ4n) is 1.82. The molecule has 1 aliphatic rings. The number of carboxylic acid groups (broad SMARTS) is 1. The zero-order valence-electron chi connectivity index (χ0n) is 6.94. The lowest BCUT2D eigenvalue weighted by Crippen LogP contribution is -2.37. The zero-order chi connectivity index (χ0) is 9.14. The first-order valence-electron chi connectivity index (χ1n) is 4.20. The van der Waals surface area contributed by atoms with Gasteiger partial charge >= 0.3 is 5.97 Å². The second kappa shape index (κ2) is 3.72. The van der Waals surface area contributed by atoms with Crippen molar-refractivity contribution in [1.82, 2.24) is 0 Å². The molecule has 0 heterocycles. The third kappa shape index (κ3) is 1.67. The predicted octanol–water partition coefficient (Wildman–Crippen LogP) is 1.03. The van der Waals surface area contributed by atoms with E-state index >= 15 is 0 Å². The lowest BCUT2D eigenvalue weighted by atomic mass is 9.77. The summed E-state index contributed by atoms with van der Waals surface area (Å²) < 4.78 is 0. The molecule has 0 aromatic carbocycles. The Hall–Kier alpha value is -0.830. The van der Waals surface area contributed by atoms with Crippen LogP contribution in [0.5, 0.6) is 0 Å². The molecule has 3 atom stereocenters. The summed E-state index contributed by atoms with van der Waals surface area (Å²) in [6.07, 6.45) is 3.26. The van der Waals surface area contributed by atoms with Crippen LogP contribution in [-0.4, -0.2) is 22.3 Å². The Morgan fingerprint density at radius 2 is 2.17 bits per heavy atom. The Morgan fingerprint density at radius 1 is 1.50 bits per heavy atom. The van der Waals surface area contributed by atoms with Crippen molar-refractivity contribution in [2.75, 3.05) is 0 Å². The monoisotopic (exact) mass is 170 g/mol. The lowest BCUT2D eigenvalue weighted by Gasteiger charge is -2.30. The topological polar surface area (TPSA) is 57.5 Å². The van der Waals surface area contributed by atoms with E-state index in [4.69, 9.17) is 5.11 Å². The van der Waals surface area contributed by atoms with Crippen LogP contribution in [-0.2, 0) is 4.79 Å². The van der Waals surface area contributed by atoms with Gasteiger partial charge in [-0.25, -0.2) is 0 Å². The number of aliphatic hydroxyl groups is 1. The van der Waals surface area contributed by atoms with E-state index in [9.17, 15) is 9.90 Å². The number of hydrogen-bond donors (Lipinski definition) is 2. The largest absolute Gasteiger partial charge is 0.481 e. The summed E-state index contributed by atoms with van der Waals surface area (Å²) in [5, 5.41) is 18.2. The van der Waals surface area contributed by atoms with E-state index in [1.165, 1.54) is 0 Å². The molecule has 2 N–H and O–H groups in total. The Morgan fingerprint density at radius 3 is 2.58 bits per heavy atom. The average Bonchev–Trinajstić information content (AvgIpc) is 2.03. The first kappa shape index (κ1) is 9.26. The van der Waals surface area contributed by atoms with E-state index in [1.807, 2.05) is 0 Å². The van der Waals surface area contributed by atoms with Crippen molar-refractivity contribution in [3.05, 3.63) is 12.7 Å². The number of aliphatic hydroxyl groups excluding tert-OH is 1. The lowest BCUT2D eigenvalue weighted by molar-refractivity contribution is -0.149. The molecule has 12 heavy (non-hydrogen) atoms. The first-order valence-corrected chi connectivity index (χ1v) is 4.20. The molecule has 0 aromatic rings. The van der Waals surface area contributed by atoms with Gasteiger partial charge in [0, 0.05) is 0 Å². The van der Waals surface area contributed by atoms with Crippen LogP contribution >= 0.6 is 0 Å². The molecule has 1 fully saturated rings. The summed E-state index contributed by atoms with van der Waals surface area (Å²) in [5.74, 6) is -1.62. The van der Waals surface area contributed by atoms with E-state index < -0.39 is 18.0 Å². The van der Waals surface area contributed by atoms with Crippen LogP contribution in [0.15, 0.2) is 12.7 Å². The molecule has 0 radical (unpaired) electrons. The number of aliphatic carboxylic acids is 1. The van der Waals surface area contributed by atoms with Crippen molar-refractivity contribution >= 4 is 5.97 Å². The number of rotatable bonds is 2. The van der Waals surface area contributed by atoms with Gasteiger partial charge in [-0.1, -0.05) is 12.5 Å². The highest BCUT2D eigenvalue weighted by atomic mass is 16.4. The molecule has 68 valence electrons. The molecule has 0 aliphatic heterocycles. The summed E-state index contributed by atoms with van der Waals surface area (Å²) in [5.41, 5.74) is 0. The Kier molecular flexibility index (Phi) is 2.87. The van der Waals surface area contributed by atoms with E-state index in [2.05, 4.69) is 6.58 Å². The highest BCUT2D eigenvalue weighted by Gasteiger charge is 2.35. The van der Waals surface area contributed by atoms with E-state index in [0.717, 1.165) is 12.8 Å². The maximum atomic E-state index is 10.7. The molecule has 0 amide bonds. The van der Waals surface area contributed by atoms with Gasteiger partial charge in [-0.05, 0) is 18.8 Å². The van der Waals surface area contributed by atoms with Gasteiger partial charge < -0.3 is 10.2 Å². The molecule has 0 spiro atoms. The summed E-state index contributed by atoms with van der Waals surface area (Å²) in [6.45, 7) is 3.58. The normalized spacial score (nSPS) is 35.9. The molecule has 3 nitrogen and oxygen atoms in total. The van der Waals surface area contributed by atoms with E-state index in [-0.39, 0.29) is 5.92 Å². The van der Waals surface area contributed by atoms with Gasteiger partial charge in [-0.3, -0.25) is 4.79 Å². The maximum Gasteiger partial charge on any atom is 0.309 e. The van der Waals surface area contributed by atoms with Crippen molar-refractivity contribution < 1.29 is 15.0 Å². The quantitative estimate of drug-likeness (QED) is 0.608. The average molecular weight is 170 g/mol. The zero-order valence-corrected chi connectivity index (χ0v) is 6.94. The van der Waals surface area contributed by atoms with Crippen molar-refractivity contribution in [3.8, 4) is 0 Å². The van der Waals surface area contributed by atoms with Crippen molar-refractivity contribution in [2.45, 2.75) is 25.4 Å². The highest BCUT2D eigenvalue weighted by Crippen LogP contribution is 2.31. The van der Waals surface area contributed by atoms with Crippen molar-refractivity contribution in [3.63, 3.8) is 0 Å². The molecular formula is C9H14O3. The number of allylic oxidation sites excluding steroid dienone is 1. The standard InChI is InChI=1S/C9H14O3/c1-2-6-4-3-5-7(10)8(6)9(11)12/h2,6-8,10H,1,3-5H2,(H,11,12). The molecule has 1 saturated carbocycles. The Bertz CT molecular complexity index is 188. The molecule has 1 aliphatic carbocycles. The van der Waals surface area contributed by atoms with E-state index in [0.29, 0.717) is 6.42 Å². The summed E-state index contributed by atoms with van der Waals surface area (Å²) in [6, 6.07) is 0. The molecule has 3 unspecified atom stereocenters. The van der Waals surface area contributed by atoms with Crippen LogP contribution < -0.4 is 0 Å². The third-order valence-electron chi connectivity index (χ3n) is 2.50. The molecule has 0 saturated heterocycles. The van der Waals surface area contributed by atoms with Crippen LogP contribution in [0.2, 0.25) is 0 Å². The minimum atomic E-state index is -0.910. The third-order valence-corrected chi connectivity index (χ3v) is 2.50. The Labute approximate surface area is 71.7 Å². The van der Waals surface area contributed by atoms with Crippen LogP contribution in [0.1, 0.15) is 19.3 Å². The minimum absolute atomic E-state index is 0.0637. The Balaban J connectivity index is 2.72. The van der Waals surface area contributed by atoms with Crippen molar-refractivity contribution in [2.24, 2.45) is 11.8 Å². The number of hydrogen-bond acceptors (Lipinski definition) is 2. The van der Waals surface area contributed by atoms with Crippen LogP contribution in [0.4, 0.5) is 0 Å². The second-order valence-corrected chi connectivity index (χ2v) is 3.26.